The highest BCUT2D eigenvalue weighted by molar-refractivity contribution is 6.31. The van der Waals surface area contributed by atoms with E-state index in [1.54, 1.807) is 6.20 Å². The van der Waals surface area contributed by atoms with E-state index in [9.17, 15) is 4.79 Å². The van der Waals surface area contributed by atoms with Crippen molar-refractivity contribution in [2.45, 2.75) is 38.5 Å². The Labute approximate surface area is 194 Å². The number of aromatic nitrogens is 1. The van der Waals surface area contributed by atoms with Gasteiger partial charge in [-0.1, -0.05) is 48.1 Å². The van der Waals surface area contributed by atoms with E-state index in [0.717, 1.165) is 41.3 Å². The minimum Gasteiger partial charge on any atom is -0.383 e. The summed E-state index contributed by atoms with van der Waals surface area (Å²) >= 11 is 6.15. The largest absolute Gasteiger partial charge is 0.383 e. The Bertz CT molecular complexity index is 1150. The molecule has 3 aromatic rings. The van der Waals surface area contributed by atoms with Crippen molar-refractivity contribution < 1.29 is 4.79 Å². The number of fused-ring (bicyclic) bond motifs is 1. The fraction of sp³-hybridized carbons (Fsp3) is 0.333. The van der Waals surface area contributed by atoms with Gasteiger partial charge in [0.2, 0.25) is 0 Å². The van der Waals surface area contributed by atoms with Crippen molar-refractivity contribution in [2.24, 2.45) is 0 Å². The molecule has 0 atom stereocenters. The second-order valence-corrected chi connectivity index (χ2v) is 8.80. The molecule has 164 valence electrons. The van der Waals surface area contributed by atoms with Gasteiger partial charge in [0.25, 0.3) is 0 Å². The zero-order valence-electron chi connectivity index (χ0n) is 18.2. The van der Waals surface area contributed by atoms with Crippen LogP contribution in [0.4, 0.5) is 5.82 Å². The number of halogens is 1. The Morgan fingerprint density at radius 2 is 1.81 bits per heavy atom. The summed E-state index contributed by atoms with van der Waals surface area (Å²) in [7, 11) is 0. The molecule has 5 heteroatoms. The maximum Gasteiger partial charge on any atom is 0.162 e. The molecule has 0 radical (unpaired) electrons. The molecular formula is C27H28ClN3O. The van der Waals surface area contributed by atoms with Gasteiger partial charge >= 0.3 is 0 Å². The number of likely N-dealkylation sites (tertiary alicyclic amines) is 1. The van der Waals surface area contributed by atoms with Gasteiger partial charge in [0.1, 0.15) is 5.82 Å². The van der Waals surface area contributed by atoms with Crippen molar-refractivity contribution in [1.82, 2.24) is 9.88 Å². The fourth-order valence-electron chi connectivity index (χ4n) is 4.15. The molecule has 0 amide bonds. The molecular weight excluding hydrogens is 418 g/mol. The van der Waals surface area contributed by atoms with Crippen molar-refractivity contribution in [3.63, 3.8) is 0 Å². The highest BCUT2D eigenvalue weighted by Crippen LogP contribution is 2.25. The molecule has 0 unspecified atom stereocenters. The molecule has 4 nitrogen and oxygen atoms in total. The van der Waals surface area contributed by atoms with Crippen molar-refractivity contribution in [1.29, 1.82) is 0 Å². The standard InChI is InChI=1S/C27H28ClN3O/c28-23-13-12-22-19-30-27(29)24(25(22)18-23)14-9-20-7-10-21(11-8-20)26(32)6-2-5-17-31-15-3-1-4-16-31/h7-8,10-13,18-19H,1-6,15-17H2,(H2,29,30). The number of Topliss-reactive ketones (excluding diaryl/α,β-unsaturated/α-hetero) is 1. The summed E-state index contributed by atoms with van der Waals surface area (Å²) in [6, 6.07) is 13.1. The van der Waals surface area contributed by atoms with E-state index in [1.165, 1.54) is 32.4 Å². The summed E-state index contributed by atoms with van der Waals surface area (Å²) in [6.45, 7) is 3.53. The molecule has 0 saturated carbocycles. The molecule has 32 heavy (non-hydrogen) atoms. The van der Waals surface area contributed by atoms with Gasteiger partial charge in [-0.05, 0) is 69.6 Å². The first-order chi connectivity index (χ1) is 15.6. The van der Waals surface area contributed by atoms with Crippen LogP contribution in [0.25, 0.3) is 10.8 Å². The Hall–Kier alpha value is -2.87. The SMILES string of the molecule is Nc1ncc2ccc(Cl)cc2c1C#Cc1ccc(C(=O)CCCCN2CCCCC2)cc1. The summed E-state index contributed by atoms with van der Waals surface area (Å²) in [4.78, 5) is 19.3. The molecule has 4 rings (SSSR count). The number of piperidine rings is 1. The minimum atomic E-state index is 0.195. The van der Waals surface area contributed by atoms with Gasteiger partial charge in [-0.3, -0.25) is 4.79 Å². The van der Waals surface area contributed by atoms with Crippen molar-refractivity contribution in [3.05, 3.63) is 70.4 Å². The first-order valence-electron chi connectivity index (χ1n) is 11.3. The van der Waals surface area contributed by atoms with Gasteiger partial charge in [-0.25, -0.2) is 4.98 Å². The smallest absolute Gasteiger partial charge is 0.162 e. The van der Waals surface area contributed by atoms with E-state index in [4.69, 9.17) is 17.3 Å². The monoisotopic (exact) mass is 445 g/mol. The van der Waals surface area contributed by atoms with Crippen molar-refractivity contribution in [3.8, 4) is 11.8 Å². The summed E-state index contributed by atoms with van der Waals surface area (Å²) in [6.07, 6.45) is 8.32. The average Bonchev–Trinajstić information content (AvgIpc) is 2.82. The van der Waals surface area contributed by atoms with Crippen LogP contribution in [0.1, 0.15) is 60.0 Å². The predicted molar refractivity (Wildman–Crippen MR) is 132 cm³/mol. The van der Waals surface area contributed by atoms with E-state index < -0.39 is 0 Å². The van der Waals surface area contributed by atoms with Crippen LogP contribution in [-0.4, -0.2) is 35.3 Å². The minimum absolute atomic E-state index is 0.195. The summed E-state index contributed by atoms with van der Waals surface area (Å²) in [5.41, 5.74) is 8.30. The third-order valence-corrected chi connectivity index (χ3v) is 6.23. The number of ketones is 1. The van der Waals surface area contributed by atoms with E-state index in [0.29, 0.717) is 22.8 Å². The van der Waals surface area contributed by atoms with Gasteiger partial charge < -0.3 is 10.6 Å². The first-order valence-corrected chi connectivity index (χ1v) is 11.7. The Kier molecular flexibility index (Phi) is 7.42. The van der Waals surface area contributed by atoms with Crippen LogP contribution in [0.5, 0.6) is 0 Å². The lowest BCUT2D eigenvalue weighted by Gasteiger charge is -2.26. The number of unbranched alkanes of at least 4 members (excludes halogenated alkanes) is 1. The number of carbonyl (C=O) groups is 1. The number of hydrogen-bond donors (Lipinski definition) is 1. The summed E-state index contributed by atoms with van der Waals surface area (Å²) in [5, 5.41) is 2.45. The Morgan fingerprint density at radius 1 is 1.03 bits per heavy atom. The molecule has 2 N–H and O–H groups in total. The van der Waals surface area contributed by atoms with Crippen LogP contribution in [0.2, 0.25) is 5.02 Å². The molecule has 1 saturated heterocycles. The highest BCUT2D eigenvalue weighted by Gasteiger charge is 2.10. The van der Waals surface area contributed by atoms with Crippen LogP contribution in [0, 0.1) is 11.8 Å². The maximum absolute atomic E-state index is 12.5. The quantitative estimate of drug-likeness (QED) is 0.300. The molecule has 1 aromatic heterocycles. The lowest BCUT2D eigenvalue weighted by atomic mass is 10.0. The average molecular weight is 446 g/mol. The molecule has 2 heterocycles. The van der Waals surface area contributed by atoms with Crippen molar-refractivity contribution >= 4 is 34.0 Å². The van der Waals surface area contributed by atoms with Gasteiger partial charge in [-0.15, -0.1) is 0 Å². The second kappa shape index (κ2) is 10.6. The zero-order valence-corrected chi connectivity index (χ0v) is 19.0. The predicted octanol–water partition coefficient (Wildman–Crippen LogP) is 5.71. The van der Waals surface area contributed by atoms with E-state index in [2.05, 4.69) is 21.7 Å². The lowest BCUT2D eigenvalue weighted by molar-refractivity contribution is 0.0977. The third-order valence-electron chi connectivity index (χ3n) is 6.00. The zero-order chi connectivity index (χ0) is 22.3. The normalized spacial score (nSPS) is 14.2. The van der Waals surface area contributed by atoms with Crippen LogP contribution in [0.3, 0.4) is 0 Å². The Morgan fingerprint density at radius 3 is 2.59 bits per heavy atom. The number of nitrogen functional groups attached to an aromatic ring is 1. The van der Waals surface area contributed by atoms with Crippen LogP contribution in [0.15, 0.2) is 48.7 Å². The number of benzene rings is 2. The van der Waals surface area contributed by atoms with Crippen LogP contribution in [-0.2, 0) is 0 Å². The van der Waals surface area contributed by atoms with Gasteiger partial charge in [0.05, 0.1) is 5.56 Å². The van der Waals surface area contributed by atoms with Crippen LogP contribution < -0.4 is 5.73 Å². The topological polar surface area (TPSA) is 59.2 Å². The van der Waals surface area contributed by atoms with E-state index in [-0.39, 0.29) is 5.78 Å². The molecule has 0 aliphatic carbocycles. The molecule has 1 fully saturated rings. The number of pyridine rings is 1. The Balaban J connectivity index is 1.37. The highest BCUT2D eigenvalue weighted by atomic mass is 35.5. The van der Waals surface area contributed by atoms with Crippen molar-refractivity contribution in [2.75, 3.05) is 25.4 Å². The molecule has 1 aliphatic rings. The van der Waals surface area contributed by atoms with Gasteiger partial charge in [0.15, 0.2) is 5.78 Å². The number of hydrogen-bond acceptors (Lipinski definition) is 4. The second-order valence-electron chi connectivity index (χ2n) is 8.36. The number of anilines is 1. The molecule has 0 spiro atoms. The first kappa shape index (κ1) is 22.3. The lowest BCUT2D eigenvalue weighted by Crippen LogP contribution is -2.30. The molecule has 1 aliphatic heterocycles. The summed E-state index contributed by atoms with van der Waals surface area (Å²) < 4.78 is 0. The van der Waals surface area contributed by atoms with E-state index in [1.807, 2.05) is 42.5 Å². The summed E-state index contributed by atoms with van der Waals surface area (Å²) in [5.74, 6) is 6.85. The third kappa shape index (κ3) is 5.68. The number of carbonyl (C=O) groups excluding carboxylic acids is 1. The van der Waals surface area contributed by atoms with Gasteiger partial charge in [-0.2, -0.15) is 0 Å². The fourth-order valence-corrected chi connectivity index (χ4v) is 4.33. The number of nitrogens with zero attached hydrogens (tertiary/aromatic N) is 2. The molecule has 2 aromatic carbocycles. The van der Waals surface area contributed by atoms with E-state index >= 15 is 0 Å². The molecule has 0 bridgehead atoms. The van der Waals surface area contributed by atoms with Crippen LogP contribution >= 0.6 is 11.6 Å². The maximum atomic E-state index is 12.5. The van der Waals surface area contributed by atoms with Gasteiger partial charge in [0, 0.05) is 39.5 Å². The number of nitrogens with two attached hydrogens (primary N) is 1. The number of rotatable bonds is 6.